The molecule has 1 aromatic heterocycles. The van der Waals surface area contributed by atoms with E-state index in [0.29, 0.717) is 17.6 Å². The van der Waals surface area contributed by atoms with E-state index < -0.39 is 6.29 Å². The quantitative estimate of drug-likeness (QED) is 0.0556. The van der Waals surface area contributed by atoms with E-state index in [1.54, 1.807) is 6.08 Å². The second-order valence-electron chi connectivity index (χ2n) is 12.4. The number of carbonyl (C=O) groups is 1. The normalized spacial score (nSPS) is 12.1. The van der Waals surface area contributed by atoms with E-state index in [4.69, 9.17) is 4.74 Å². The van der Waals surface area contributed by atoms with Gasteiger partial charge in [0.2, 0.25) is 0 Å². The molecule has 232 valence electrons. The molecule has 6 heteroatoms. The Balaban J connectivity index is 1.33. The van der Waals surface area contributed by atoms with Crippen molar-refractivity contribution in [2.24, 2.45) is 0 Å². The van der Waals surface area contributed by atoms with Gasteiger partial charge in [0, 0.05) is 17.5 Å². The Morgan fingerprint density at radius 2 is 1.55 bits per heavy atom. The average Bonchev–Trinajstić information content (AvgIpc) is 3.51. The third-order valence-electron chi connectivity index (χ3n) is 7.85. The fourth-order valence-electron chi connectivity index (χ4n) is 5.02. The number of imidazole rings is 1. The minimum absolute atomic E-state index is 0.0130. The highest BCUT2D eigenvalue weighted by Gasteiger charge is 2.15. The lowest BCUT2D eigenvalue weighted by Gasteiger charge is -2.19. The summed E-state index contributed by atoms with van der Waals surface area (Å²) in [5.41, 5.74) is 5.95. The van der Waals surface area contributed by atoms with Gasteiger partial charge in [0.25, 0.3) is 0 Å². The zero-order chi connectivity index (χ0) is 31.5. The van der Waals surface area contributed by atoms with Gasteiger partial charge in [0.15, 0.2) is 12.1 Å². The molecule has 0 aliphatic heterocycles. The lowest BCUT2D eigenvalue weighted by Crippen LogP contribution is -2.12. The fourth-order valence-corrected chi connectivity index (χ4v) is 5.02. The maximum atomic E-state index is 12.8. The molecule has 0 aliphatic carbocycles. The first-order valence-corrected chi connectivity index (χ1v) is 15.7. The zero-order valence-electron chi connectivity index (χ0n) is 26.5. The van der Waals surface area contributed by atoms with Crippen LogP contribution in [0.4, 0.5) is 0 Å². The highest BCUT2D eigenvalue weighted by molar-refractivity contribution is 5.97. The number of Topliss-reactive ketones (excluding diaryl/α,β-unsaturated/α-hetero) is 1. The number of H-pyrrole nitrogens is 1. The Bertz CT molecular complexity index is 1490. The smallest absolute Gasteiger partial charge is 0.174 e. The molecule has 0 radical (unpaired) electrons. The van der Waals surface area contributed by atoms with Crippen molar-refractivity contribution in [2.45, 2.75) is 84.3 Å². The van der Waals surface area contributed by atoms with Crippen molar-refractivity contribution < 1.29 is 19.7 Å². The molecule has 0 saturated heterocycles. The predicted octanol–water partition coefficient (Wildman–Crippen LogP) is 8.44. The van der Waals surface area contributed by atoms with Gasteiger partial charge in [0.05, 0.1) is 18.5 Å². The van der Waals surface area contributed by atoms with Crippen molar-refractivity contribution in [3.05, 3.63) is 107 Å². The molecular formula is C38H46N2O4. The molecule has 0 atom stereocenters. The predicted molar refractivity (Wildman–Crippen MR) is 178 cm³/mol. The Morgan fingerprint density at radius 3 is 2.18 bits per heavy atom. The molecule has 1 heterocycles. The Hall–Kier alpha value is -4.00. The average molecular weight is 595 g/mol. The van der Waals surface area contributed by atoms with Gasteiger partial charge in [-0.3, -0.25) is 4.79 Å². The number of aromatic nitrogens is 2. The number of nitrogens with zero attached hydrogens (tertiary/aromatic N) is 1. The number of aliphatic hydroxyl groups excluding tert-OH is 1. The highest BCUT2D eigenvalue weighted by atomic mass is 16.5. The molecule has 44 heavy (non-hydrogen) atoms. The highest BCUT2D eigenvalue weighted by Crippen LogP contribution is 2.26. The number of rotatable bonds is 15. The lowest BCUT2D eigenvalue weighted by molar-refractivity contribution is -0.00960. The van der Waals surface area contributed by atoms with Crippen LogP contribution in [0.15, 0.2) is 90.6 Å². The third kappa shape index (κ3) is 9.50. The molecule has 4 rings (SSSR count). The number of aromatic amines is 1. The number of allylic oxidation sites excluding steroid dienone is 1. The largest absolute Gasteiger partial charge is 0.494 e. The van der Waals surface area contributed by atoms with Crippen LogP contribution in [0.1, 0.15) is 87.7 Å². The first-order valence-electron chi connectivity index (χ1n) is 15.7. The first kappa shape index (κ1) is 32.9. The van der Waals surface area contributed by atoms with Crippen molar-refractivity contribution in [1.29, 1.82) is 0 Å². The van der Waals surface area contributed by atoms with Gasteiger partial charge in [-0.1, -0.05) is 108 Å². The van der Waals surface area contributed by atoms with Gasteiger partial charge in [-0.2, -0.15) is 0 Å². The maximum absolute atomic E-state index is 12.8. The Labute approximate surface area is 261 Å². The second-order valence-corrected chi connectivity index (χ2v) is 12.4. The summed E-state index contributed by atoms with van der Waals surface area (Å²) < 4.78 is 5.89. The van der Waals surface area contributed by atoms with Crippen LogP contribution in [-0.4, -0.2) is 38.9 Å². The summed E-state index contributed by atoms with van der Waals surface area (Å²) in [6, 6.07) is 23.5. The summed E-state index contributed by atoms with van der Waals surface area (Å²) in [6.45, 7) is 9.36. The van der Waals surface area contributed by atoms with Crippen LogP contribution in [0.25, 0.3) is 22.6 Å². The number of benzene rings is 3. The van der Waals surface area contributed by atoms with Crippen LogP contribution in [0.5, 0.6) is 5.75 Å². The van der Waals surface area contributed by atoms with Crippen molar-refractivity contribution >= 4 is 5.78 Å². The molecule has 0 bridgehead atoms. The standard InChI is InChI=1S/C38H46N2O4/c1-5-6-7-8-9-24-44-33-21-16-28(17-22-33)34-26-39-36(40-34)30-12-10-27(11-13-30)25-31(37(42)43)18-23-35(41)29-14-19-32(20-15-29)38(2,3)4/h10-22,26,37,42-43H,5-9,23-25H2,1-4H3,(H,39,40)/b31-18+. The summed E-state index contributed by atoms with van der Waals surface area (Å²) in [5, 5.41) is 20.0. The number of ketones is 1. The first-order chi connectivity index (χ1) is 21.1. The van der Waals surface area contributed by atoms with E-state index in [1.807, 2.05) is 79.0 Å². The van der Waals surface area contributed by atoms with E-state index in [2.05, 4.69) is 37.7 Å². The van der Waals surface area contributed by atoms with Crippen LogP contribution >= 0.6 is 0 Å². The summed E-state index contributed by atoms with van der Waals surface area (Å²) in [6.07, 6.45) is 8.32. The molecule has 0 aliphatic rings. The van der Waals surface area contributed by atoms with Gasteiger partial charge >= 0.3 is 0 Å². The minimum Gasteiger partial charge on any atom is -0.494 e. The zero-order valence-corrected chi connectivity index (χ0v) is 26.5. The van der Waals surface area contributed by atoms with Crippen LogP contribution in [0.2, 0.25) is 0 Å². The molecule has 4 aromatic rings. The molecule has 0 fully saturated rings. The number of carbonyl (C=O) groups excluding carboxylic acids is 1. The van der Waals surface area contributed by atoms with Crippen LogP contribution in [-0.2, 0) is 11.8 Å². The van der Waals surface area contributed by atoms with E-state index in [-0.39, 0.29) is 17.6 Å². The number of hydrogen-bond donors (Lipinski definition) is 3. The van der Waals surface area contributed by atoms with Crippen LogP contribution < -0.4 is 4.74 Å². The molecule has 0 spiro atoms. The van der Waals surface area contributed by atoms with Crippen LogP contribution in [0.3, 0.4) is 0 Å². The SMILES string of the molecule is CCCCCCCOc1ccc(-c2cnc(-c3ccc(C/C(=C\CC(=O)c4ccc(C(C)(C)C)cc4)C(O)O)cc3)[nH]2)cc1. The van der Waals surface area contributed by atoms with Gasteiger partial charge in [-0.15, -0.1) is 0 Å². The van der Waals surface area contributed by atoms with E-state index in [0.717, 1.165) is 52.5 Å². The molecule has 6 nitrogen and oxygen atoms in total. The van der Waals surface area contributed by atoms with E-state index in [1.165, 1.54) is 25.7 Å². The number of hydrogen-bond acceptors (Lipinski definition) is 5. The van der Waals surface area contributed by atoms with Crippen molar-refractivity contribution in [3.63, 3.8) is 0 Å². The molecule has 3 aromatic carbocycles. The summed E-state index contributed by atoms with van der Waals surface area (Å²) in [7, 11) is 0. The van der Waals surface area contributed by atoms with Crippen molar-refractivity contribution in [2.75, 3.05) is 6.61 Å². The number of nitrogens with one attached hydrogen (secondary N) is 1. The molecule has 0 amide bonds. The van der Waals surface area contributed by atoms with Crippen LogP contribution in [0, 0.1) is 0 Å². The van der Waals surface area contributed by atoms with E-state index in [9.17, 15) is 15.0 Å². The van der Waals surface area contributed by atoms with Gasteiger partial charge < -0.3 is 19.9 Å². The number of aliphatic hydroxyl groups is 2. The van der Waals surface area contributed by atoms with Crippen molar-refractivity contribution in [3.8, 4) is 28.4 Å². The number of ether oxygens (including phenoxy) is 1. The molecule has 3 N–H and O–H groups in total. The van der Waals surface area contributed by atoms with E-state index >= 15 is 0 Å². The Morgan fingerprint density at radius 1 is 0.886 bits per heavy atom. The molecular weight excluding hydrogens is 548 g/mol. The van der Waals surface area contributed by atoms with Gasteiger partial charge in [-0.05, 0) is 64.8 Å². The lowest BCUT2D eigenvalue weighted by atomic mass is 9.86. The summed E-state index contributed by atoms with van der Waals surface area (Å²) in [5.74, 6) is 1.56. The Kier molecular flexibility index (Phi) is 11.7. The third-order valence-corrected chi connectivity index (χ3v) is 7.85. The summed E-state index contributed by atoms with van der Waals surface area (Å²) in [4.78, 5) is 20.7. The van der Waals surface area contributed by atoms with Gasteiger partial charge in [-0.25, -0.2) is 4.98 Å². The molecule has 0 saturated carbocycles. The molecule has 0 unspecified atom stereocenters. The topological polar surface area (TPSA) is 95.4 Å². The van der Waals surface area contributed by atoms with Crippen molar-refractivity contribution in [1.82, 2.24) is 9.97 Å². The fraction of sp³-hybridized carbons (Fsp3) is 0.368. The minimum atomic E-state index is -1.64. The second kappa shape index (κ2) is 15.6. The maximum Gasteiger partial charge on any atom is 0.174 e. The summed E-state index contributed by atoms with van der Waals surface area (Å²) >= 11 is 0. The monoisotopic (exact) mass is 594 g/mol. The number of unbranched alkanes of at least 4 members (excludes halogenated alkanes) is 4. The van der Waals surface area contributed by atoms with Gasteiger partial charge in [0.1, 0.15) is 11.6 Å².